The molecule has 2 atom stereocenters. The van der Waals surface area contributed by atoms with Gasteiger partial charge in [0.05, 0.1) is 6.04 Å². The predicted octanol–water partition coefficient (Wildman–Crippen LogP) is 0.0600. The highest BCUT2D eigenvalue weighted by Gasteiger charge is 2.32. The molecule has 1 fully saturated rings. The first-order chi connectivity index (χ1) is 7.06. The van der Waals surface area contributed by atoms with Gasteiger partial charge in [-0.2, -0.15) is 0 Å². The number of carbonyl (C=O) groups is 2. The summed E-state index contributed by atoms with van der Waals surface area (Å²) in [4.78, 5) is 24.1. The van der Waals surface area contributed by atoms with Crippen molar-refractivity contribution in [3.63, 3.8) is 0 Å². The molecule has 2 N–H and O–H groups in total. The summed E-state index contributed by atoms with van der Waals surface area (Å²) in [5, 5.41) is 11.4. The SMILES string of the molecule is CCN1C(C)CNC(=O)C1CCC(=O)O. The van der Waals surface area contributed by atoms with Gasteiger partial charge in [0.1, 0.15) is 0 Å². The maximum Gasteiger partial charge on any atom is 0.303 e. The molecule has 0 bridgehead atoms. The lowest BCUT2D eigenvalue weighted by Crippen LogP contribution is -2.59. The highest BCUT2D eigenvalue weighted by molar-refractivity contribution is 5.83. The highest BCUT2D eigenvalue weighted by atomic mass is 16.4. The maximum absolute atomic E-state index is 11.6. The fraction of sp³-hybridized carbons (Fsp3) is 0.800. The maximum atomic E-state index is 11.6. The molecule has 0 aromatic carbocycles. The van der Waals surface area contributed by atoms with E-state index in [1.165, 1.54) is 0 Å². The minimum Gasteiger partial charge on any atom is -0.481 e. The zero-order chi connectivity index (χ0) is 11.4. The zero-order valence-corrected chi connectivity index (χ0v) is 9.19. The number of hydrogen-bond acceptors (Lipinski definition) is 3. The fourth-order valence-corrected chi connectivity index (χ4v) is 2.03. The van der Waals surface area contributed by atoms with Crippen molar-refractivity contribution in [3.05, 3.63) is 0 Å². The third kappa shape index (κ3) is 2.92. The number of rotatable bonds is 4. The molecule has 0 saturated carbocycles. The van der Waals surface area contributed by atoms with E-state index in [2.05, 4.69) is 10.2 Å². The van der Waals surface area contributed by atoms with Gasteiger partial charge < -0.3 is 10.4 Å². The van der Waals surface area contributed by atoms with Gasteiger partial charge in [0.25, 0.3) is 0 Å². The quantitative estimate of drug-likeness (QED) is 0.694. The van der Waals surface area contributed by atoms with Crippen LogP contribution in [0.5, 0.6) is 0 Å². The first-order valence-electron chi connectivity index (χ1n) is 5.31. The molecule has 1 aliphatic rings. The van der Waals surface area contributed by atoms with Gasteiger partial charge >= 0.3 is 5.97 Å². The summed E-state index contributed by atoms with van der Waals surface area (Å²) in [6.45, 7) is 5.45. The molecular weight excluding hydrogens is 196 g/mol. The van der Waals surface area contributed by atoms with Crippen LogP contribution in [0.2, 0.25) is 0 Å². The van der Waals surface area contributed by atoms with Gasteiger partial charge in [-0.25, -0.2) is 0 Å². The first-order valence-corrected chi connectivity index (χ1v) is 5.31. The molecule has 0 radical (unpaired) electrons. The van der Waals surface area contributed by atoms with Crippen LogP contribution in [0.4, 0.5) is 0 Å². The summed E-state index contributed by atoms with van der Waals surface area (Å²) in [5.74, 6) is -0.895. The van der Waals surface area contributed by atoms with E-state index in [0.29, 0.717) is 13.0 Å². The average Bonchev–Trinajstić information content (AvgIpc) is 2.19. The number of carboxylic acid groups (broad SMARTS) is 1. The van der Waals surface area contributed by atoms with Gasteiger partial charge in [-0.05, 0) is 19.9 Å². The van der Waals surface area contributed by atoms with Crippen molar-refractivity contribution in [2.75, 3.05) is 13.1 Å². The molecule has 2 unspecified atom stereocenters. The molecule has 1 saturated heterocycles. The van der Waals surface area contributed by atoms with Crippen LogP contribution in [0.15, 0.2) is 0 Å². The number of piperazine rings is 1. The molecule has 1 amide bonds. The lowest BCUT2D eigenvalue weighted by molar-refractivity contribution is -0.138. The summed E-state index contributed by atoms with van der Waals surface area (Å²) < 4.78 is 0. The van der Waals surface area contributed by atoms with Crippen LogP contribution in [-0.2, 0) is 9.59 Å². The Morgan fingerprint density at radius 2 is 2.33 bits per heavy atom. The Balaban J connectivity index is 2.62. The Morgan fingerprint density at radius 1 is 1.67 bits per heavy atom. The van der Waals surface area contributed by atoms with Gasteiger partial charge in [-0.1, -0.05) is 6.92 Å². The van der Waals surface area contributed by atoms with Crippen LogP contribution in [0, 0.1) is 0 Å². The Hall–Kier alpha value is -1.10. The minimum absolute atomic E-state index is 0.0430. The van der Waals surface area contributed by atoms with Crippen LogP contribution in [0.25, 0.3) is 0 Å². The standard InChI is InChI=1S/C10H18N2O3/c1-3-12-7(2)6-11-10(15)8(12)4-5-9(13)14/h7-8H,3-6H2,1-2H3,(H,11,15)(H,13,14). The molecule has 0 aromatic rings. The van der Waals surface area contributed by atoms with Gasteiger partial charge in [-0.15, -0.1) is 0 Å². The smallest absolute Gasteiger partial charge is 0.303 e. The van der Waals surface area contributed by atoms with Crippen molar-refractivity contribution in [1.29, 1.82) is 0 Å². The molecule has 0 aliphatic carbocycles. The molecule has 0 aromatic heterocycles. The lowest BCUT2D eigenvalue weighted by atomic mass is 10.0. The number of nitrogens with zero attached hydrogens (tertiary/aromatic N) is 1. The number of carboxylic acids is 1. The van der Waals surface area contributed by atoms with Crippen LogP contribution in [-0.4, -0.2) is 47.1 Å². The van der Waals surface area contributed by atoms with E-state index < -0.39 is 5.97 Å². The van der Waals surface area contributed by atoms with Gasteiger partial charge in [0.15, 0.2) is 0 Å². The third-order valence-electron chi connectivity index (χ3n) is 2.84. The largest absolute Gasteiger partial charge is 0.481 e. The van der Waals surface area contributed by atoms with Crippen LogP contribution in [0.3, 0.4) is 0 Å². The minimum atomic E-state index is -0.850. The van der Waals surface area contributed by atoms with E-state index in [9.17, 15) is 9.59 Å². The van der Waals surface area contributed by atoms with E-state index in [0.717, 1.165) is 6.54 Å². The number of aliphatic carboxylic acids is 1. The molecule has 15 heavy (non-hydrogen) atoms. The highest BCUT2D eigenvalue weighted by Crippen LogP contribution is 2.15. The molecular formula is C10H18N2O3. The number of nitrogens with one attached hydrogen (secondary N) is 1. The van der Waals surface area contributed by atoms with Crippen LogP contribution >= 0.6 is 0 Å². The van der Waals surface area contributed by atoms with Crippen molar-refractivity contribution >= 4 is 11.9 Å². The Kier molecular flexibility index (Phi) is 4.08. The number of amides is 1. The Labute approximate surface area is 89.4 Å². The number of carbonyl (C=O) groups excluding carboxylic acids is 1. The molecule has 1 aliphatic heterocycles. The fourth-order valence-electron chi connectivity index (χ4n) is 2.03. The molecule has 86 valence electrons. The van der Waals surface area contributed by atoms with Crippen molar-refractivity contribution in [2.24, 2.45) is 0 Å². The molecule has 5 heteroatoms. The van der Waals surface area contributed by atoms with Crippen LogP contribution < -0.4 is 5.32 Å². The number of likely N-dealkylation sites (N-methyl/N-ethyl adjacent to an activating group) is 1. The van der Waals surface area contributed by atoms with Crippen molar-refractivity contribution in [3.8, 4) is 0 Å². The topological polar surface area (TPSA) is 69.6 Å². The summed E-state index contributed by atoms with van der Waals surface area (Å²) in [5.41, 5.74) is 0. The van der Waals surface area contributed by atoms with E-state index in [4.69, 9.17) is 5.11 Å². The Morgan fingerprint density at radius 3 is 2.87 bits per heavy atom. The normalized spacial score (nSPS) is 27.5. The van der Waals surface area contributed by atoms with Crippen molar-refractivity contribution in [2.45, 2.75) is 38.8 Å². The van der Waals surface area contributed by atoms with Crippen molar-refractivity contribution in [1.82, 2.24) is 10.2 Å². The van der Waals surface area contributed by atoms with E-state index in [1.807, 2.05) is 13.8 Å². The van der Waals surface area contributed by atoms with Gasteiger partial charge in [-0.3, -0.25) is 14.5 Å². The lowest BCUT2D eigenvalue weighted by Gasteiger charge is -2.39. The molecule has 1 rings (SSSR count). The van der Waals surface area contributed by atoms with E-state index in [-0.39, 0.29) is 24.4 Å². The first kappa shape index (κ1) is 12.0. The third-order valence-corrected chi connectivity index (χ3v) is 2.84. The molecule has 1 heterocycles. The average molecular weight is 214 g/mol. The summed E-state index contributed by atoms with van der Waals surface area (Å²) in [7, 11) is 0. The van der Waals surface area contributed by atoms with E-state index >= 15 is 0 Å². The second-order valence-electron chi connectivity index (χ2n) is 3.87. The summed E-state index contributed by atoms with van der Waals surface area (Å²) >= 11 is 0. The Bertz CT molecular complexity index is 255. The predicted molar refractivity (Wildman–Crippen MR) is 55.5 cm³/mol. The van der Waals surface area contributed by atoms with Gasteiger partial charge in [0, 0.05) is 19.0 Å². The number of hydrogen-bond donors (Lipinski definition) is 2. The molecule has 0 spiro atoms. The van der Waals surface area contributed by atoms with Gasteiger partial charge in [0.2, 0.25) is 5.91 Å². The summed E-state index contributed by atoms with van der Waals surface area (Å²) in [6.07, 6.45) is 0.431. The second kappa shape index (κ2) is 5.11. The monoisotopic (exact) mass is 214 g/mol. The van der Waals surface area contributed by atoms with Crippen LogP contribution in [0.1, 0.15) is 26.7 Å². The second-order valence-corrected chi connectivity index (χ2v) is 3.87. The zero-order valence-electron chi connectivity index (χ0n) is 9.19. The van der Waals surface area contributed by atoms with E-state index in [1.54, 1.807) is 0 Å². The molecule has 5 nitrogen and oxygen atoms in total. The van der Waals surface area contributed by atoms with Crippen molar-refractivity contribution < 1.29 is 14.7 Å². The summed E-state index contributed by atoms with van der Waals surface area (Å²) in [6, 6.07) is 0.00125.